The zero-order valence-corrected chi connectivity index (χ0v) is 14.5. The first kappa shape index (κ1) is 15.2. The molecule has 0 aliphatic rings. The van der Waals surface area contributed by atoms with Gasteiger partial charge in [-0.25, -0.2) is 9.37 Å². The summed E-state index contributed by atoms with van der Waals surface area (Å²) in [7, 11) is 0. The highest BCUT2D eigenvalue weighted by molar-refractivity contribution is 7.20. The summed E-state index contributed by atoms with van der Waals surface area (Å²) < 4.78 is 14.9. The molecule has 3 nitrogen and oxygen atoms in total. The van der Waals surface area contributed by atoms with Gasteiger partial charge in [0.05, 0.1) is 18.3 Å². The number of halogens is 1. The van der Waals surface area contributed by atoms with Gasteiger partial charge in [-0.15, -0.1) is 22.7 Å². The normalized spacial score (nSPS) is 11.2. The molecule has 4 aromatic rings. The van der Waals surface area contributed by atoms with Crippen LogP contribution in [0.3, 0.4) is 0 Å². The molecule has 0 unspecified atom stereocenters. The number of fused-ring (bicyclic) bond motifs is 1. The highest BCUT2D eigenvalue weighted by Gasteiger charge is 2.17. The van der Waals surface area contributed by atoms with Crippen LogP contribution in [0.4, 0.5) is 4.39 Å². The Morgan fingerprint density at radius 3 is 2.88 bits per heavy atom. The first-order valence-electron chi connectivity index (χ1n) is 7.40. The minimum Gasteiger partial charge on any atom is -0.294 e. The molecule has 0 saturated carbocycles. The van der Waals surface area contributed by atoms with Gasteiger partial charge in [-0.1, -0.05) is 18.2 Å². The molecule has 0 spiro atoms. The van der Waals surface area contributed by atoms with Crippen LogP contribution in [-0.2, 0) is 6.54 Å². The standard InChI is InChI=1S/C18H13FN2OS2/c1-11-15(14-6-3-7-23-14)16-17(24-11)20-10-21(18(16)22)9-12-4-2-5-13(19)8-12/h2-8,10H,9H2,1H3. The molecule has 0 aliphatic carbocycles. The van der Waals surface area contributed by atoms with Gasteiger partial charge < -0.3 is 0 Å². The third kappa shape index (κ3) is 2.57. The Hall–Kier alpha value is -2.31. The number of aryl methyl sites for hydroxylation is 1. The fourth-order valence-electron chi connectivity index (χ4n) is 2.80. The molecule has 3 heterocycles. The molecule has 4 rings (SSSR count). The van der Waals surface area contributed by atoms with E-state index in [1.165, 1.54) is 23.5 Å². The fourth-order valence-corrected chi connectivity index (χ4v) is 4.69. The SMILES string of the molecule is Cc1sc2ncn(Cc3cccc(F)c3)c(=O)c2c1-c1cccs1. The summed E-state index contributed by atoms with van der Waals surface area (Å²) in [4.78, 5) is 20.3. The van der Waals surface area contributed by atoms with Gasteiger partial charge in [-0.05, 0) is 36.1 Å². The van der Waals surface area contributed by atoms with Crippen molar-refractivity contribution in [1.29, 1.82) is 0 Å². The molecular weight excluding hydrogens is 343 g/mol. The molecule has 0 bridgehead atoms. The number of rotatable bonds is 3. The van der Waals surface area contributed by atoms with Crippen LogP contribution in [-0.4, -0.2) is 9.55 Å². The smallest absolute Gasteiger partial charge is 0.263 e. The fraction of sp³-hybridized carbons (Fsp3) is 0.111. The quantitative estimate of drug-likeness (QED) is 0.534. The number of hydrogen-bond acceptors (Lipinski definition) is 4. The van der Waals surface area contributed by atoms with E-state index in [-0.39, 0.29) is 11.4 Å². The van der Waals surface area contributed by atoms with E-state index in [1.54, 1.807) is 34.4 Å². The van der Waals surface area contributed by atoms with Crippen LogP contribution in [0.1, 0.15) is 10.4 Å². The van der Waals surface area contributed by atoms with Crippen molar-refractivity contribution >= 4 is 32.9 Å². The summed E-state index contributed by atoms with van der Waals surface area (Å²) in [5.74, 6) is -0.305. The topological polar surface area (TPSA) is 34.9 Å². The summed E-state index contributed by atoms with van der Waals surface area (Å²) in [5, 5.41) is 2.65. The number of hydrogen-bond donors (Lipinski definition) is 0. The Labute approximate surface area is 145 Å². The highest BCUT2D eigenvalue weighted by atomic mass is 32.1. The van der Waals surface area contributed by atoms with Crippen molar-refractivity contribution in [1.82, 2.24) is 9.55 Å². The Bertz CT molecular complexity index is 1080. The lowest BCUT2D eigenvalue weighted by molar-refractivity contribution is 0.622. The predicted molar refractivity (Wildman–Crippen MR) is 97.4 cm³/mol. The van der Waals surface area contributed by atoms with Crippen LogP contribution in [0.15, 0.2) is 52.9 Å². The summed E-state index contributed by atoms with van der Waals surface area (Å²) in [6, 6.07) is 10.3. The predicted octanol–water partition coefficient (Wildman–Crippen LogP) is 4.68. The van der Waals surface area contributed by atoms with E-state index in [0.29, 0.717) is 11.9 Å². The maximum Gasteiger partial charge on any atom is 0.263 e. The minimum absolute atomic E-state index is 0.0861. The number of nitrogens with zero attached hydrogens (tertiary/aromatic N) is 2. The summed E-state index contributed by atoms with van der Waals surface area (Å²) in [6.45, 7) is 2.32. The molecule has 1 aromatic carbocycles. The minimum atomic E-state index is -0.305. The van der Waals surface area contributed by atoms with Crippen molar-refractivity contribution in [3.8, 4) is 10.4 Å². The molecular formula is C18H13FN2OS2. The molecule has 0 fully saturated rings. The van der Waals surface area contributed by atoms with E-state index in [0.717, 1.165) is 25.7 Å². The van der Waals surface area contributed by atoms with Gasteiger partial charge in [-0.3, -0.25) is 9.36 Å². The first-order valence-corrected chi connectivity index (χ1v) is 9.10. The molecule has 0 radical (unpaired) electrons. The van der Waals surface area contributed by atoms with Crippen molar-refractivity contribution in [3.63, 3.8) is 0 Å². The largest absolute Gasteiger partial charge is 0.294 e. The molecule has 120 valence electrons. The summed E-state index contributed by atoms with van der Waals surface area (Å²) in [6.07, 6.45) is 1.55. The third-order valence-corrected chi connectivity index (χ3v) is 5.76. The van der Waals surface area contributed by atoms with Crippen molar-refractivity contribution in [2.24, 2.45) is 0 Å². The van der Waals surface area contributed by atoms with Crippen LogP contribution in [0, 0.1) is 12.7 Å². The van der Waals surface area contributed by atoms with Crippen LogP contribution >= 0.6 is 22.7 Å². The molecule has 0 saturated heterocycles. The maximum atomic E-state index is 13.4. The lowest BCUT2D eigenvalue weighted by Gasteiger charge is -2.06. The van der Waals surface area contributed by atoms with Gasteiger partial charge in [0.1, 0.15) is 10.6 Å². The molecule has 24 heavy (non-hydrogen) atoms. The second-order valence-electron chi connectivity index (χ2n) is 5.50. The zero-order chi connectivity index (χ0) is 16.7. The van der Waals surface area contributed by atoms with Gasteiger partial charge in [0.25, 0.3) is 5.56 Å². The van der Waals surface area contributed by atoms with Gasteiger partial charge in [-0.2, -0.15) is 0 Å². The van der Waals surface area contributed by atoms with Gasteiger partial charge in [0, 0.05) is 15.3 Å². The second-order valence-corrected chi connectivity index (χ2v) is 7.65. The Morgan fingerprint density at radius 1 is 1.25 bits per heavy atom. The Balaban J connectivity index is 1.89. The Morgan fingerprint density at radius 2 is 2.12 bits per heavy atom. The average molecular weight is 356 g/mol. The molecule has 0 N–H and O–H groups in total. The zero-order valence-electron chi connectivity index (χ0n) is 12.8. The van der Waals surface area contributed by atoms with E-state index >= 15 is 0 Å². The van der Waals surface area contributed by atoms with Crippen molar-refractivity contribution in [3.05, 3.63) is 74.7 Å². The molecule has 0 amide bonds. The molecule has 0 aliphatic heterocycles. The highest BCUT2D eigenvalue weighted by Crippen LogP contribution is 2.37. The lowest BCUT2D eigenvalue weighted by atomic mass is 10.1. The molecule has 0 atom stereocenters. The van der Waals surface area contributed by atoms with Crippen LogP contribution in [0.5, 0.6) is 0 Å². The number of thiophene rings is 2. The number of aromatic nitrogens is 2. The first-order chi connectivity index (χ1) is 11.6. The van der Waals surface area contributed by atoms with Crippen molar-refractivity contribution < 1.29 is 4.39 Å². The maximum absolute atomic E-state index is 13.4. The summed E-state index contributed by atoms with van der Waals surface area (Å²) in [5.41, 5.74) is 1.62. The van der Waals surface area contributed by atoms with Crippen molar-refractivity contribution in [2.75, 3.05) is 0 Å². The second kappa shape index (κ2) is 5.96. The van der Waals surface area contributed by atoms with E-state index in [2.05, 4.69) is 4.98 Å². The van der Waals surface area contributed by atoms with Gasteiger partial charge in [0.2, 0.25) is 0 Å². The van der Waals surface area contributed by atoms with Crippen molar-refractivity contribution in [2.45, 2.75) is 13.5 Å². The van der Waals surface area contributed by atoms with Gasteiger partial charge in [0.15, 0.2) is 0 Å². The lowest BCUT2D eigenvalue weighted by Crippen LogP contribution is -2.21. The van der Waals surface area contributed by atoms with E-state index < -0.39 is 0 Å². The van der Waals surface area contributed by atoms with E-state index in [1.807, 2.05) is 24.4 Å². The van der Waals surface area contributed by atoms with Gasteiger partial charge >= 0.3 is 0 Å². The Kier molecular flexibility index (Phi) is 3.78. The van der Waals surface area contributed by atoms with Crippen LogP contribution in [0.25, 0.3) is 20.7 Å². The average Bonchev–Trinajstić information content (AvgIpc) is 3.17. The monoisotopic (exact) mass is 356 g/mol. The molecule has 3 aromatic heterocycles. The van der Waals surface area contributed by atoms with Crippen LogP contribution < -0.4 is 5.56 Å². The molecule has 6 heteroatoms. The van der Waals surface area contributed by atoms with E-state index in [4.69, 9.17) is 0 Å². The number of benzene rings is 1. The third-order valence-electron chi connectivity index (χ3n) is 3.86. The summed E-state index contributed by atoms with van der Waals surface area (Å²) >= 11 is 3.14. The van der Waals surface area contributed by atoms with Crippen LogP contribution in [0.2, 0.25) is 0 Å². The van der Waals surface area contributed by atoms with E-state index in [9.17, 15) is 9.18 Å².